The number of halogens is 3. The van der Waals surface area contributed by atoms with Crippen molar-refractivity contribution in [1.82, 2.24) is 15.0 Å². The van der Waals surface area contributed by atoms with Crippen LogP contribution in [0.25, 0.3) is 0 Å². The van der Waals surface area contributed by atoms with Crippen LogP contribution in [0.5, 0.6) is 0 Å². The predicted molar refractivity (Wildman–Crippen MR) is 107 cm³/mol. The first-order valence-electron chi connectivity index (χ1n) is 7.62. The molecule has 0 bridgehead atoms. The first-order chi connectivity index (χ1) is 13.3. The van der Waals surface area contributed by atoms with Crippen LogP contribution in [0.15, 0.2) is 46.6 Å². The van der Waals surface area contributed by atoms with Crippen LogP contribution in [0.2, 0.25) is 15.6 Å². The standard InChI is InChI=1S/C16H10Cl3N7O2/c1-8-6-9(20-16-22-14(18)21-15(19)23-16)2-4-12(8)24-25-13-5-3-10(26(27)28)7-11(13)17/h2-7H,1H3,(H,20,21,22,23). The molecule has 0 amide bonds. The highest BCUT2D eigenvalue weighted by atomic mass is 35.5. The lowest BCUT2D eigenvalue weighted by Crippen LogP contribution is -1.99. The minimum absolute atomic E-state index is 0.0235. The summed E-state index contributed by atoms with van der Waals surface area (Å²) in [4.78, 5) is 21.8. The Kier molecular flexibility index (Phi) is 5.98. The summed E-state index contributed by atoms with van der Waals surface area (Å²) in [5.41, 5.74) is 2.28. The molecule has 3 rings (SSSR count). The van der Waals surface area contributed by atoms with Crippen LogP contribution < -0.4 is 5.32 Å². The highest BCUT2D eigenvalue weighted by molar-refractivity contribution is 6.33. The number of anilines is 2. The molecule has 1 heterocycles. The van der Waals surface area contributed by atoms with E-state index in [2.05, 4.69) is 30.5 Å². The van der Waals surface area contributed by atoms with E-state index in [0.29, 0.717) is 17.1 Å². The Morgan fingerprint density at radius 3 is 2.21 bits per heavy atom. The van der Waals surface area contributed by atoms with Crippen molar-refractivity contribution in [3.63, 3.8) is 0 Å². The van der Waals surface area contributed by atoms with E-state index in [4.69, 9.17) is 34.8 Å². The van der Waals surface area contributed by atoms with Gasteiger partial charge in [0.2, 0.25) is 16.5 Å². The number of rotatable bonds is 5. The molecule has 3 aromatic rings. The molecule has 0 saturated heterocycles. The van der Waals surface area contributed by atoms with Crippen molar-refractivity contribution in [1.29, 1.82) is 0 Å². The van der Waals surface area contributed by atoms with Gasteiger partial charge in [0.1, 0.15) is 5.69 Å². The summed E-state index contributed by atoms with van der Waals surface area (Å²) in [7, 11) is 0. The fourth-order valence-corrected chi connectivity index (χ4v) is 2.73. The lowest BCUT2D eigenvalue weighted by atomic mass is 10.2. The number of non-ortho nitro benzene ring substituents is 1. The van der Waals surface area contributed by atoms with E-state index in [1.165, 1.54) is 18.2 Å². The van der Waals surface area contributed by atoms with Crippen LogP contribution in [0.3, 0.4) is 0 Å². The van der Waals surface area contributed by atoms with Gasteiger partial charge in [-0.15, -0.1) is 5.11 Å². The summed E-state index contributed by atoms with van der Waals surface area (Å²) in [6.07, 6.45) is 0. The molecule has 0 spiro atoms. The van der Waals surface area contributed by atoms with Gasteiger partial charge in [-0.1, -0.05) is 11.6 Å². The molecule has 0 unspecified atom stereocenters. The normalized spacial score (nSPS) is 11.0. The number of azo groups is 1. The van der Waals surface area contributed by atoms with Crippen LogP contribution >= 0.6 is 34.8 Å². The number of aromatic nitrogens is 3. The van der Waals surface area contributed by atoms with Gasteiger partial charge in [0.05, 0.1) is 15.6 Å². The summed E-state index contributed by atoms with van der Waals surface area (Å²) < 4.78 is 0. The predicted octanol–water partition coefficient (Wildman–Crippen LogP) is 6.21. The van der Waals surface area contributed by atoms with Crippen LogP contribution in [0.1, 0.15) is 5.56 Å². The van der Waals surface area contributed by atoms with Crippen LogP contribution in [-0.4, -0.2) is 19.9 Å². The molecule has 0 saturated carbocycles. The van der Waals surface area contributed by atoms with Gasteiger partial charge in [0.25, 0.3) is 5.69 Å². The zero-order valence-corrected chi connectivity index (χ0v) is 16.4. The molecule has 0 fully saturated rings. The van der Waals surface area contributed by atoms with Gasteiger partial charge in [-0.05, 0) is 60.0 Å². The Bertz CT molecular complexity index is 1070. The monoisotopic (exact) mass is 437 g/mol. The van der Waals surface area contributed by atoms with E-state index in [9.17, 15) is 10.1 Å². The highest BCUT2D eigenvalue weighted by Crippen LogP contribution is 2.31. The molecule has 0 aliphatic heterocycles. The molecule has 0 atom stereocenters. The SMILES string of the molecule is Cc1cc(Nc2nc(Cl)nc(Cl)n2)ccc1N=Nc1ccc([N+](=O)[O-])cc1Cl. The van der Waals surface area contributed by atoms with E-state index in [-0.39, 0.29) is 27.2 Å². The third-order valence-corrected chi connectivity index (χ3v) is 4.08. The zero-order chi connectivity index (χ0) is 20.3. The number of nitro groups is 1. The van der Waals surface area contributed by atoms with Crippen LogP contribution in [-0.2, 0) is 0 Å². The second kappa shape index (κ2) is 8.42. The topological polar surface area (TPSA) is 119 Å². The Balaban J connectivity index is 1.79. The number of hydrogen-bond donors (Lipinski definition) is 1. The van der Waals surface area contributed by atoms with E-state index < -0.39 is 4.92 Å². The van der Waals surface area contributed by atoms with Gasteiger partial charge in [-0.3, -0.25) is 10.1 Å². The van der Waals surface area contributed by atoms with Gasteiger partial charge in [-0.25, -0.2) is 0 Å². The van der Waals surface area contributed by atoms with Crippen molar-refractivity contribution in [2.24, 2.45) is 10.2 Å². The fraction of sp³-hybridized carbons (Fsp3) is 0.0625. The molecule has 0 aliphatic rings. The first-order valence-corrected chi connectivity index (χ1v) is 8.75. The van der Waals surface area contributed by atoms with E-state index >= 15 is 0 Å². The molecule has 28 heavy (non-hydrogen) atoms. The second-order valence-electron chi connectivity index (χ2n) is 5.42. The van der Waals surface area contributed by atoms with E-state index in [1.54, 1.807) is 18.2 Å². The van der Waals surface area contributed by atoms with Gasteiger partial charge in [-0.2, -0.15) is 20.1 Å². The largest absolute Gasteiger partial charge is 0.324 e. The van der Waals surface area contributed by atoms with Crippen molar-refractivity contribution in [3.8, 4) is 0 Å². The van der Waals surface area contributed by atoms with Crippen LogP contribution in [0.4, 0.5) is 28.7 Å². The molecule has 142 valence electrons. The average Bonchev–Trinajstić information content (AvgIpc) is 2.61. The third kappa shape index (κ3) is 4.89. The average molecular weight is 439 g/mol. The summed E-state index contributed by atoms with van der Waals surface area (Å²) in [5.74, 6) is 0.205. The van der Waals surface area contributed by atoms with Gasteiger partial charge in [0, 0.05) is 17.8 Å². The van der Waals surface area contributed by atoms with Crippen molar-refractivity contribution in [2.75, 3.05) is 5.32 Å². The molecule has 0 aliphatic carbocycles. The summed E-state index contributed by atoms with van der Waals surface area (Å²) in [6.45, 7) is 1.84. The lowest BCUT2D eigenvalue weighted by Gasteiger charge is -2.07. The van der Waals surface area contributed by atoms with Crippen molar-refractivity contribution in [2.45, 2.75) is 6.92 Å². The number of nitrogens with one attached hydrogen (secondary N) is 1. The maximum atomic E-state index is 10.7. The smallest absolute Gasteiger partial charge is 0.271 e. The summed E-state index contributed by atoms with van der Waals surface area (Å²) >= 11 is 17.5. The van der Waals surface area contributed by atoms with Gasteiger partial charge in [0.15, 0.2) is 0 Å². The second-order valence-corrected chi connectivity index (χ2v) is 6.50. The number of hydrogen-bond acceptors (Lipinski definition) is 8. The summed E-state index contributed by atoms with van der Waals surface area (Å²) in [5, 5.41) is 22.0. The zero-order valence-electron chi connectivity index (χ0n) is 14.1. The molecule has 0 radical (unpaired) electrons. The molecule has 1 aromatic heterocycles. The minimum atomic E-state index is -0.532. The minimum Gasteiger partial charge on any atom is -0.324 e. The molecular weight excluding hydrogens is 429 g/mol. The number of nitro benzene ring substituents is 1. The Hall–Kier alpha value is -2.88. The lowest BCUT2D eigenvalue weighted by molar-refractivity contribution is -0.384. The first kappa shape index (κ1) is 19.9. The van der Waals surface area contributed by atoms with Crippen molar-refractivity contribution >= 4 is 63.5 Å². The fourth-order valence-electron chi connectivity index (χ4n) is 2.15. The van der Waals surface area contributed by atoms with E-state index in [0.717, 1.165) is 5.56 Å². The van der Waals surface area contributed by atoms with Crippen LogP contribution in [0, 0.1) is 17.0 Å². The molecule has 12 heteroatoms. The van der Waals surface area contributed by atoms with Crippen molar-refractivity contribution in [3.05, 3.63) is 67.7 Å². The maximum absolute atomic E-state index is 10.7. The Morgan fingerprint density at radius 2 is 1.61 bits per heavy atom. The quantitative estimate of drug-likeness (QED) is 0.287. The van der Waals surface area contributed by atoms with Gasteiger partial charge < -0.3 is 5.32 Å². The Labute approximate surface area is 173 Å². The Morgan fingerprint density at radius 1 is 0.964 bits per heavy atom. The third-order valence-electron chi connectivity index (χ3n) is 3.44. The number of aryl methyl sites for hydroxylation is 1. The molecule has 1 N–H and O–H groups in total. The van der Waals surface area contributed by atoms with Gasteiger partial charge >= 0.3 is 0 Å². The number of benzene rings is 2. The number of nitrogens with zero attached hydrogens (tertiary/aromatic N) is 6. The van der Waals surface area contributed by atoms with Crippen molar-refractivity contribution < 1.29 is 4.92 Å². The molecule has 9 nitrogen and oxygen atoms in total. The molecular formula is C16H10Cl3N7O2. The maximum Gasteiger partial charge on any atom is 0.271 e. The molecule has 2 aromatic carbocycles. The summed E-state index contributed by atoms with van der Waals surface area (Å²) in [6, 6.07) is 9.24. The van der Waals surface area contributed by atoms with E-state index in [1.807, 2.05) is 6.92 Å². The highest BCUT2D eigenvalue weighted by Gasteiger charge is 2.09.